The van der Waals surface area contributed by atoms with E-state index in [2.05, 4.69) is 18.9 Å². The summed E-state index contributed by atoms with van der Waals surface area (Å²) in [6, 6.07) is 2.26. The molecule has 0 aromatic carbocycles. The molecule has 1 fully saturated rings. The molecule has 1 aliphatic rings. The standard InChI is InChI=1S/C14H24N2O/c1-11(2)16-13(9-10-15-16)14(17)8-7-12-5-3-4-6-12/h9-12,14,17H,3-8H2,1-2H3. The molecule has 1 aliphatic carbocycles. The Kier molecular flexibility index (Phi) is 4.21. The van der Waals surface area contributed by atoms with Gasteiger partial charge in [-0.2, -0.15) is 5.10 Å². The van der Waals surface area contributed by atoms with Gasteiger partial charge in [-0.3, -0.25) is 4.68 Å². The molecule has 0 radical (unpaired) electrons. The third kappa shape index (κ3) is 3.09. The van der Waals surface area contributed by atoms with Crippen LogP contribution in [-0.2, 0) is 0 Å². The van der Waals surface area contributed by atoms with Crippen molar-refractivity contribution in [2.75, 3.05) is 0 Å². The van der Waals surface area contributed by atoms with Crippen molar-refractivity contribution < 1.29 is 5.11 Å². The van der Waals surface area contributed by atoms with Gasteiger partial charge in [0.15, 0.2) is 0 Å². The molecule has 0 aliphatic heterocycles. The molecule has 1 atom stereocenters. The largest absolute Gasteiger partial charge is 0.387 e. The number of hydrogen-bond acceptors (Lipinski definition) is 2. The van der Waals surface area contributed by atoms with Crippen LogP contribution >= 0.6 is 0 Å². The predicted octanol–water partition coefficient (Wildman–Crippen LogP) is 3.47. The summed E-state index contributed by atoms with van der Waals surface area (Å²) in [5.41, 5.74) is 0.970. The fourth-order valence-corrected chi connectivity index (χ4v) is 2.86. The summed E-state index contributed by atoms with van der Waals surface area (Å²) in [5.74, 6) is 0.847. The van der Waals surface area contributed by atoms with Crippen molar-refractivity contribution in [3.63, 3.8) is 0 Å². The molecule has 2 rings (SSSR count). The van der Waals surface area contributed by atoms with Gasteiger partial charge in [-0.15, -0.1) is 0 Å². The average Bonchev–Trinajstić information content (AvgIpc) is 2.96. The van der Waals surface area contributed by atoms with E-state index in [9.17, 15) is 5.11 Å². The second-order valence-electron chi connectivity index (χ2n) is 5.54. The maximum Gasteiger partial charge on any atom is 0.0956 e. The quantitative estimate of drug-likeness (QED) is 0.850. The SMILES string of the molecule is CC(C)n1nccc1C(O)CCC1CCCC1. The summed E-state index contributed by atoms with van der Waals surface area (Å²) >= 11 is 0. The lowest BCUT2D eigenvalue weighted by molar-refractivity contribution is 0.144. The molecule has 0 amide bonds. The Balaban J connectivity index is 1.89. The van der Waals surface area contributed by atoms with Crippen LogP contribution in [0.3, 0.4) is 0 Å². The molecule has 1 aromatic rings. The first kappa shape index (κ1) is 12.6. The van der Waals surface area contributed by atoms with Crippen molar-refractivity contribution in [3.05, 3.63) is 18.0 Å². The molecule has 3 heteroatoms. The van der Waals surface area contributed by atoms with E-state index in [-0.39, 0.29) is 6.10 Å². The zero-order chi connectivity index (χ0) is 12.3. The van der Waals surface area contributed by atoms with E-state index in [1.165, 1.54) is 25.7 Å². The normalized spacial score (nSPS) is 19.1. The summed E-state index contributed by atoms with van der Waals surface area (Å²) in [7, 11) is 0. The molecule has 17 heavy (non-hydrogen) atoms. The molecule has 0 bridgehead atoms. The second-order valence-corrected chi connectivity index (χ2v) is 5.54. The zero-order valence-electron chi connectivity index (χ0n) is 11.0. The summed E-state index contributed by atoms with van der Waals surface area (Å²) < 4.78 is 1.93. The summed E-state index contributed by atoms with van der Waals surface area (Å²) in [6.07, 6.45) is 8.95. The first-order valence-corrected chi connectivity index (χ1v) is 6.90. The highest BCUT2D eigenvalue weighted by Crippen LogP contribution is 2.31. The number of rotatable bonds is 5. The van der Waals surface area contributed by atoms with Crippen LogP contribution in [0.2, 0.25) is 0 Å². The van der Waals surface area contributed by atoms with Crippen molar-refractivity contribution in [1.29, 1.82) is 0 Å². The van der Waals surface area contributed by atoms with E-state index in [1.807, 2.05) is 10.7 Å². The van der Waals surface area contributed by atoms with E-state index < -0.39 is 0 Å². The third-order valence-corrected chi connectivity index (χ3v) is 3.85. The number of aliphatic hydroxyl groups excluding tert-OH is 1. The van der Waals surface area contributed by atoms with Crippen LogP contribution in [0, 0.1) is 5.92 Å². The summed E-state index contributed by atoms with van der Waals surface area (Å²) in [6.45, 7) is 4.19. The Hall–Kier alpha value is -0.830. The fourth-order valence-electron chi connectivity index (χ4n) is 2.86. The second kappa shape index (κ2) is 5.67. The molecular formula is C14H24N2O. The van der Waals surface area contributed by atoms with Crippen LogP contribution in [0.25, 0.3) is 0 Å². The van der Waals surface area contributed by atoms with Gasteiger partial charge in [0.05, 0.1) is 11.8 Å². The minimum absolute atomic E-state index is 0.320. The van der Waals surface area contributed by atoms with Crippen LogP contribution in [0.4, 0.5) is 0 Å². The van der Waals surface area contributed by atoms with Gasteiger partial charge < -0.3 is 5.11 Å². The van der Waals surface area contributed by atoms with Gasteiger partial charge in [0.1, 0.15) is 0 Å². The molecule has 3 nitrogen and oxygen atoms in total. The number of aliphatic hydroxyl groups is 1. The molecule has 1 N–H and O–H groups in total. The predicted molar refractivity (Wildman–Crippen MR) is 68.8 cm³/mol. The Morgan fingerprint density at radius 2 is 2.12 bits per heavy atom. The van der Waals surface area contributed by atoms with Crippen molar-refractivity contribution in [2.24, 2.45) is 5.92 Å². The van der Waals surface area contributed by atoms with E-state index in [4.69, 9.17) is 0 Å². The van der Waals surface area contributed by atoms with Crippen LogP contribution < -0.4 is 0 Å². The van der Waals surface area contributed by atoms with Crippen LogP contribution in [0.5, 0.6) is 0 Å². The van der Waals surface area contributed by atoms with Gasteiger partial charge in [0.25, 0.3) is 0 Å². The Labute approximate surface area is 104 Å². The van der Waals surface area contributed by atoms with Gasteiger partial charge in [-0.25, -0.2) is 0 Å². The lowest BCUT2D eigenvalue weighted by Crippen LogP contribution is -2.12. The highest BCUT2D eigenvalue weighted by Gasteiger charge is 2.19. The van der Waals surface area contributed by atoms with Crippen LogP contribution in [0.1, 0.15) is 70.2 Å². The van der Waals surface area contributed by atoms with Crippen molar-refractivity contribution in [2.45, 2.75) is 64.5 Å². The van der Waals surface area contributed by atoms with Gasteiger partial charge in [-0.05, 0) is 38.7 Å². The monoisotopic (exact) mass is 236 g/mol. The van der Waals surface area contributed by atoms with Crippen LogP contribution in [0.15, 0.2) is 12.3 Å². The first-order valence-electron chi connectivity index (χ1n) is 6.90. The lowest BCUT2D eigenvalue weighted by atomic mass is 9.98. The minimum atomic E-state index is -0.347. The van der Waals surface area contributed by atoms with E-state index in [0.717, 1.165) is 24.5 Å². The van der Waals surface area contributed by atoms with Gasteiger partial charge in [0.2, 0.25) is 0 Å². The number of nitrogens with zero attached hydrogens (tertiary/aromatic N) is 2. The molecule has 1 saturated carbocycles. The zero-order valence-corrected chi connectivity index (χ0v) is 11.0. The molecule has 1 aromatic heterocycles. The number of hydrogen-bond donors (Lipinski definition) is 1. The summed E-state index contributed by atoms with van der Waals surface area (Å²) in [4.78, 5) is 0. The molecule has 96 valence electrons. The summed E-state index contributed by atoms with van der Waals surface area (Å²) in [5, 5.41) is 14.5. The molecule has 0 spiro atoms. The van der Waals surface area contributed by atoms with Crippen molar-refractivity contribution >= 4 is 0 Å². The Morgan fingerprint density at radius 3 is 2.76 bits per heavy atom. The molecular weight excluding hydrogens is 212 g/mol. The average molecular weight is 236 g/mol. The van der Waals surface area contributed by atoms with Crippen LogP contribution in [-0.4, -0.2) is 14.9 Å². The minimum Gasteiger partial charge on any atom is -0.387 e. The highest BCUT2D eigenvalue weighted by atomic mass is 16.3. The van der Waals surface area contributed by atoms with E-state index >= 15 is 0 Å². The van der Waals surface area contributed by atoms with Crippen molar-refractivity contribution in [3.8, 4) is 0 Å². The lowest BCUT2D eigenvalue weighted by Gasteiger charge is -2.17. The molecule has 0 saturated heterocycles. The third-order valence-electron chi connectivity index (χ3n) is 3.85. The first-order chi connectivity index (χ1) is 8.18. The highest BCUT2D eigenvalue weighted by molar-refractivity contribution is 5.05. The Bertz CT molecular complexity index is 340. The fraction of sp³-hybridized carbons (Fsp3) is 0.786. The Morgan fingerprint density at radius 1 is 1.41 bits per heavy atom. The van der Waals surface area contributed by atoms with Crippen molar-refractivity contribution in [1.82, 2.24) is 9.78 Å². The molecule has 1 heterocycles. The van der Waals surface area contributed by atoms with E-state index in [1.54, 1.807) is 6.20 Å². The van der Waals surface area contributed by atoms with Gasteiger partial charge in [0, 0.05) is 12.2 Å². The van der Waals surface area contributed by atoms with E-state index in [0.29, 0.717) is 6.04 Å². The topological polar surface area (TPSA) is 38.0 Å². The molecule has 1 unspecified atom stereocenters. The maximum atomic E-state index is 10.2. The van der Waals surface area contributed by atoms with Gasteiger partial charge in [-0.1, -0.05) is 25.7 Å². The smallest absolute Gasteiger partial charge is 0.0956 e. The number of aromatic nitrogens is 2. The van der Waals surface area contributed by atoms with Gasteiger partial charge >= 0.3 is 0 Å². The maximum absolute atomic E-state index is 10.2.